The number of carbonyl (C=O) groups is 1. The Bertz CT molecular complexity index is 430. The fourth-order valence-corrected chi connectivity index (χ4v) is 1.53. The Balaban J connectivity index is 3.19. The van der Waals surface area contributed by atoms with Crippen molar-refractivity contribution < 1.29 is 32.9 Å². The lowest BCUT2D eigenvalue weighted by Gasteiger charge is -2.11. The minimum atomic E-state index is -4.91. The Morgan fingerprint density at radius 1 is 1.38 bits per heavy atom. The molecule has 0 spiro atoms. The molecule has 0 bridgehead atoms. The number of ether oxygens (including phenoxy) is 1. The molecule has 1 aromatic carbocycles. The molecule has 0 atom stereocenters. The van der Waals surface area contributed by atoms with Crippen LogP contribution in [0, 0.1) is 3.57 Å². The Kier molecular flexibility index (Phi) is 3.51. The third-order valence-corrected chi connectivity index (χ3v) is 2.32. The van der Waals surface area contributed by atoms with Gasteiger partial charge >= 0.3 is 12.3 Å². The van der Waals surface area contributed by atoms with Gasteiger partial charge in [0.1, 0.15) is 17.1 Å². The second kappa shape index (κ2) is 4.36. The lowest BCUT2D eigenvalue weighted by molar-refractivity contribution is -0.274. The Morgan fingerprint density at radius 2 is 1.94 bits per heavy atom. The van der Waals surface area contributed by atoms with Gasteiger partial charge in [-0.15, -0.1) is 13.2 Å². The van der Waals surface area contributed by atoms with Crippen LogP contribution in [0.1, 0.15) is 10.4 Å². The topological polar surface area (TPSA) is 66.8 Å². The van der Waals surface area contributed by atoms with Gasteiger partial charge in [0.05, 0.1) is 3.57 Å². The van der Waals surface area contributed by atoms with E-state index in [1.54, 1.807) is 0 Å². The molecular formula is C8H4F3IO4. The van der Waals surface area contributed by atoms with Crippen molar-refractivity contribution in [2.24, 2.45) is 0 Å². The van der Waals surface area contributed by atoms with E-state index in [2.05, 4.69) is 4.74 Å². The van der Waals surface area contributed by atoms with Gasteiger partial charge in [-0.3, -0.25) is 0 Å². The van der Waals surface area contributed by atoms with Crippen molar-refractivity contribution in [3.63, 3.8) is 0 Å². The summed E-state index contributed by atoms with van der Waals surface area (Å²) in [6.07, 6.45) is -4.91. The maximum absolute atomic E-state index is 11.9. The van der Waals surface area contributed by atoms with Crippen LogP contribution in [0.15, 0.2) is 12.1 Å². The molecule has 0 aromatic heterocycles. The molecule has 0 radical (unpaired) electrons. The highest BCUT2D eigenvalue weighted by Gasteiger charge is 2.32. The number of aromatic hydroxyl groups is 1. The smallest absolute Gasteiger partial charge is 0.506 e. The quantitative estimate of drug-likeness (QED) is 0.807. The largest absolute Gasteiger partial charge is 0.573 e. The molecule has 0 aliphatic rings. The van der Waals surface area contributed by atoms with Crippen LogP contribution in [-0.4, -0.2) is 22.5 Å². The van der Waals surface area contributed by atoms with E-state index in [4.69, 9.17) is 5.11 Å². The lowest BCUT2D eigenvalue weighted by atomic mass is 10.2. The molecule has 0 unspecified atom stereocenters. The van der Waals surface area contributed by atoms with E-state index in [1.807, 2.05) is 0 Å². The van der Waals surface area contributed by atoms with Crippen LogP contribution < -0.4 is 4.74 Å². The maximum Gasteiger partial charge on any atom is 0.573 e. The molecule has 88 valence electrons. The standard InChI is InChI=1S/C8H4F3IO4/c9-8(10,11)16-3-1-4(7(14)15)6(13)5(12)2-3/h1-2,13H,(H,14,15). The number of rotatable bonds is 2. The lowest BCUT2D eigenvalue weighted by Crippen LogP contribution is -2.17. The number of hydrogen-bond acceptors (Lipinski definition) is 3. The first-order chi connectivity index (χ1) is 7.20. The van der Waals surface area contributed by atoms with Gasteiger partial charge in [-0.05, 0) is 34.7 Å². The molecule has 0 heterocycles. The average molecular weight is 348 g/mol. The zero-order valence-electron chi connectivity index (χ0n) is 7.38. The Hall–Kier alpha value is -1.19. The molecule has 1 aromatic rings. The summed E-state index contributed by atoms with van der Waals surface area (Å²) < 4.78 is 39.1. The minimum absolute atomic E-state index is 0.0447. The molecule has 0 amide bonds. The normalized spacial score (nSPS) is 11.2. The molecule has 0 saturated heterocycles. The monoisotopic (exact) mass is 348 g/mol. The molecule has 16 heavy (non-hydrogen) atoms. The fourth-order valence-electron chi connectivity index (χ4n) is 0.930. The summed E-state index contributed by atoms with van der Waals surface area (Å²) in [4.78, 5) is 10.6. The zero-order valence-corrected chi connectivity index (χ0v) is 9.53. The summed E-state index contributed by atoms with van der Waals surface area (Å²) in [6, 6.07) is 1.49. The van der Waals surface area contributed by atoms with Gasteiger partial charge in [0.15, 0.2) is 0 Å². The van der Waals surface area contributed by atoms with E-state index < -0.39 is 29.4 Å². The van der Waals surface area contributed by atoms with E-state index in [-0.39, 0.29) is 3.57 Å². The summed E-state index contributed by atoms with van der Waals surface area (Å²) in [5.74, 6) is -2.82. The van der Waals surface area contributed by atoms with Gasteiger partial charge in [-0.25, -0.2) is 4.79 Å². The van der Waals surface area contributed by atoms with Crippen LogP contribution in [0.2, 0.25) is 0 Å². The van der Waals surface area contributed by atoms with Crippen molar-refractivity contribution >= 4 is 28.6 Å². The third kappa shape index (κ3) is 3.15. The van der Waals surface area contributed by atoms with Crippen LogP contribution >= 0.6 is 22.6 Å². The van der Waals surface area contributed by atoms with Gasteiger partial charge in [0.25, 0.3) is 0 Å². The number of benzene rings is 1. The highest BCUT2D eigenvalue weighted by atomic mass is 127. The first kappa shape index (κ1) is 12.9. The summed E-state index contributed by atoms with van der Waals surface area (Å²) in [6.45, 7) is 0. The minimum Gasteiger partial charge on any atom is -0.506 e. The fraction of sp³-hybridized carbons (Fsp3) is 0.125. The van der Waals surface area contributed by atoms with E-state index in [0.29, 0.717) is 6.07 Å². The van der Waals surface area contributed by atoms with Gasteiger partial charge in [-0.1, -0.05) is 0 Å². The predicted molar refractivity (Wildman–Crippen MR) is 54.5 cm³/mol. The summed E-state index contributed by atoms with van der Waals surface area (Å²) in [5, 5.41) is 17.9. The summed E-state index contributed by atoms with van der Waals surface area (Å²) in [7, 11) is 0. The van der Waals surface area contributed by atoms with Crippen molar-refractivity contribution in [1.82, 2.24) is 0 Å². The van der Waals surface area contributed by atoms with Gasteiger partial charge < -0.3 is 14.9 Å². The molecule has 0 aliphatic heterocycles. The Morgan fingerprint density at radius 3 is 2.38 bits per heavy atom. The average Bonchev–Trinajstić information content (AvgIpc) is 2.07. The summed E-state index contributed by atoms with van der Waals surface area (Å²) in [5.41, 5.74) is -0.647. The third-order valence-electron chi connectivity index (χ3n) is 1.50. The van der Waals surface area contributed by atoms with E-state index in [0.717, 1.165) is 6.07 Å². The molecular weight excluding hydrogens is 344 g/mol. The first-order valence-electron chi connectivity index (χ1n) is 3.72. The summed E-state index contributed by atoms with van der Waals surface area (Å²) >= 11 is 1.50. The van der Waals surface area contributed by atoms with Crippen LogP contribution in [0.4, 0.5) is 13.2 Å². The number of alkyl halides is 3. The molecule has 0 aliphatic carbocycles. The van der Waals surface area contributed by atoms with E-state index in [9.17, 15) is 23.1 Å². The molecule has 2 N–H and O–H groups in total. The number of phenols is 1. The second-order valence-electron chi connectivity index (χ2n) is 2.65. The van der Waals surface area contributed by atoms with E-state index >= 15 is 0 Å². The van der Waals surface area contributed by atoms with Crippen LogP contribution in [0.5, 0.6) is 11.5 Å². The molecule has 0 saturated carbocycles. The SMILES string of the molecule is O=C(O)c1cc(OC(F)(F)F)cc(I)c1O. The van der Waals surface area contributed by atoms with Gasteiger partial charge in [0.2, 0.25) is 0 Å². The van der Waals surface area contributed by atoms with Crippen LogP contribution in [0.25, 0.3) is 0 Å². The predicted octanol–water partition coefficient (Wildman–Crippen LogP) is 2.59. The number of hydrogen-bond donors (Lipinski definition) is 2. The number of carboxylic acids is 1. The number of carboxylic acid groups (broad SMARTS) is 1. The van der Waals surface area contributed by atoms with E-state index in [1.165, 1.54) is 22.6 Å². The van der Waals surface area contributed by atoms with Crippen molar-refractivity contribution in [2.45, 2.75) is 6.36 Å². The van der Waals surface area contributed by atoms with Crippen molar-refractivity contribution in [1.29, 1.82) is 0 Å². The van der Waals surface area contributed by atoms with Crippen LogP contribution in [0.3, 0.4) is 0 Å². The highest BCUT2D eigenvalue weighted by Crippen LogP contribution is 2.32. The highest BCUT2D eigenvalue weighted by molar-refractivity contribution is 14.1. The molecule has 8 heteroatoms. The Labute approximate surface area is 101 Å². The van der Waals surface area contributed by atoms with Crippen molar-refractivity contribution in [3.8, 4) is 11.5 Å². The molecule has 4 nitrogen and oxygen atoms in total. The second-order valence-corrected chi connectivity index (χ2v) is 3.82. The first-order valence-corrected chi connectivity index (χ1v) is 4.80. The maximum atomic E-state index is 11.9. The molecule has 1 rings (SSSR count). The van der Waals surface area contributed by atoms with Crippen molar-refractivity contribution in [3.05, 3.63) is 21.3 Å². The van der Waals surface area contributed by atoms with Crippen LogP contribution in [-0.2, 0) is 0 Å². The number of aromatic carboxylic acids is 1. The van der Waals surface area contributed by atoms with Crippen molar-refractivity contribution in [2.75, 3.05) is 0 Å². The zero-order chi connectivity index (χ0) is 12.5. The van der Waals surface area contributed by atoms with Gasteiger partial charge in [-0.2, -0.15) is 0 Å². The van der Waals surface area contributed by atoms with Gasteiger partial charge in [0, 0.05) is 0 Å². The molecule has 0 fully saturated rings. The number of halogens is 4.